The van der Waals surface area contributed by atoms with Crippen molar-refractivity contribution in [1.82, 2.24) is 0 Å². The smallest absolute Gasteiger partial charge is 0.410 e. The Balaban J connectivity index is 2.06. The molecule has 0 aromatic heterocycles. The molecule has 0 saturated carbocycles. The number of rotatable bonds is 7. The summed E-state index contributed by atoms with van der Waals surface area (Å²) in [5.74, 6) is 0.478. The Morgan fingerprint density at radius 2 is 1.74 bits per heavy atom. The normalized spacial score (nSPS) is 10.5. The molecular formula is C17H18N2O4. The Bertz CT molecular complexity index is 617. The maximum atomic E-state index is 12.4. The molecule has 0 aliphatic rings. The molecule has 0 atom stereocenters. The highest BCUT2D eigenvalue weighted by atomic mass is 16.7. The van der Waals surface area contributed by atoms with Gasteiger partial charge in [-0.1, -0.05) is 41.6 Å². The minimum Gasteiger partial charge on any atom is -0.410 e. The molecule has 0 fully saturated rings. The summed E-state index contributed by atoms with van der Waals surface area (Å²) in [6.07, 6.45) is 0.971. The largest absolute Gasteiger partial charge is 0.420 e. The predicted octanol–water partition coefficient (Wildman–Crippen LogP) is 3.30. The number of hydrogen-bond donors (Lipinski definition) is 0. The van der Waals surface area contributed by atoms with Crippen molar-refractivity contribution in [2.45, 2.75) is 0 Å². The third kappa shape index (κ3) is 5.44. The fraction of sp³-hybridized carbons (Fsp3) is 0.176. The second kappa shape index (κ2) is 9.22. The van der Waals surface area contributed by atoms with Crippen molar-refractivity contribution in [3.63, 3.8) is 0 Å². The molecule has 2 rings (SSSR count). The number of nitrogens with zero attached hydrogens (tertiary/aromatic N) is 2. The quantitative estimate of drug-likeness (QED) is 0.340. The van der Waals surface area contributed by atoms with Gasteiger partial charge in [0.1, 0.15) is 5.75 Å². The highest BCUT2D eigenvalue weighted by Gasteiger charge is 2.17. The minimum absolute atomic E-state index is 0.0519. The SMILES string of the molecule is COCO/N=C/CN(C(=O)Oc1ccccc1)c1ccccc1. The van der Waals surface area contributed by atoms with Crippen molar-refractivity contribution in [1.29, 1.82) is 0 Å². The fourth-order valence-electron chi connectivity index (χ4n) is 1.79. The Morgan fingerprint density at radius 1 is 1.09 bits per heavy atom. The molecule has 23 heavy (non-hydrogen) atoms. The standard InChI is InChI=1S/C17H18N2O4/c1-21-14-22-18-12-13-19(15-8-4-2-5-9-15)17(20)23-16-10-6-3-7-11-16/h2-12H,13-14H2,1H3/b18-12+. The summed E-state index contributed by atoms with van der Waals surface area (Å²) in [5.41, 5.74) is 0.701. The van der Waals surface area contributed by atoms with Gasteiger partial charge >= 0.3 is 6.09 Å². The number of methoxy groups -OCH3 is 1. The van der Waals surface area contributed by atoms with Gasteiger partial charge < -0.3 is 14.3 Å². The number of ether oxygens (including phenoxy) is 2. The van der Waals surface area contributed by atoms with E-state index in [9.17, 15) is 4.79 Å². The molecule has 0 spiro atoms. The lowest BCUT2D eigenvalue weighted by Crippen LogP contribution is -2.35. The van der Waals surface area contributed by atoms with E-state index in [0.29, 0.717) is 11.4 Å². The second-order valence-electron chi connectivity index (χ2n) is 4.45. The third-order valence-corrected chi connectivity index (χ3v) is 2.82. The fourth-order valence-corrected chi connectivity index (χ4v) is 1.79. The topological polar surface area (TPSA) is 60.4 Å². The van der Waals surface area contributed by atoms with Crippen LogP contribution in [0.4, 0.5) is 10.5 Å². The first kappa shape index (κ1) is 16.5. The van der Waals surface area contributed by atoms with E-state index in [-0.39, 0.29) is 13.3 Å². The summed E-state index contributed by atoms with van der Waals surface area (Å²) < 4.78 is 10.1. The number of hydrogen-bond acceptors (Lipinski definition) is 5. The van der Waals surface area contributed by atoms with Gasteiger partial charge in [-0.3, -0.25) is 4.90 Å². The summed E-state index contributed by atoms with van der Waals surface area (Å²) in [5, 5.41) is 3.72. The molecule has 0 aliphatic heterocycles. The van der Waals surface area contributed by atoms with Gasteiger partial charge in [0.2, 0.25) is 6.79 Å². The van der Waals surface area contributed by atoms with E-state index < -0.39 is 6.09 Å². The van der Waals surface area contributed by atoms with E-state index in [4.69, 9.17) is 14.3 Å². The zero-order valence-electron chi connectivity index (χ0n) is 12.8. The summed E-state index contributed by atoms with van der Waals surface area (Å²) in [6, 6.07) is 18.1. The summed E-state index contributed by atoms with van der Waals surface area (Å²) in [6.45, 7) is 0.260. The first-order valence-corrected chi connectivity index (χ1v) is 7.03. The van der Waals surface area contributed by atoms with Crippen LogP contribution in [-0.2, 0) is 9.57 Å². The van der Waals surface area contributed by atoms with Crippen LogP contribution in [0.25, 0.3) is 0 Å². The van der Waals surface area contributed by atoms with E-state index in [2.05, 4.69) is 5.16 Å². The van der Waals surface area contributed by atoms with Crippen LogP contribution in [0.3, 0.4) is 0 Å². The van der Waals surface area contributed by atoms with Crippen LogP contribution < -0.4 is 9.64 Å². The van der Waals surface area contributed by atoms with Gasteiger partial charge in [-0.25, -0.2) is 4.79 Å². The van der Waals surface area contributed by atoms with Crippen LogP contribution >= 0.6 is 0 Å². The van der Waals surface area contributed by atoms with Crippen molar-refractivity contribution >= 4 is 18.0 Å². The molecule has 0 radical (unpaired) electrons. The third-order valence-electron chi connectivity index (χ3n) is 2.82. The highest BCUT2D eigenvalue weighted by molar-refractivity contribution is 5.92. The van der Waals surface area contributed by atoms with Crippen LogP contribution in [0, 0.1) is 0 Å². The van der Waals surface area contributed by atoms with Gasteiger partial charge in [0.05, 0.1) is 12.8 Å². The zero-order chi connectivity index (χ0) is 16.3. The van der Waals surface area contributed by atoms with Gasteiger partial charge in [0.25, 0.3) is 0 Å². The molecule has 0 N–H and O–H groups in total. The molecule has 0 aliphatic carbocycles. The van der Waals surface area contributed by atoms with Crippen molar-refractivity contribution in [2.75, 3.05) is 25.3 Å². The Kier molecular flexibility index (Phi) is 6.62. The first-order valence-electron chi connectivity index (χ1n) is 7.03. The van der Waals surface area contributed by atoms with Crippen LogP contribution in [0.1, 0.15) is 0 Å². The van der Waals surface area contributed by atoms with Crippen LogP contribution in [0.15, 0.2) is 65.8 Å². The van der Waals surface area contributed by atoms with Gasteiger partial charge in [-0.15, -0.1) is 0 Å². The van der Waals surface area contributed by atoms with Gasteiger partial charge in [-0.2, -0.15) is 0 Å². The number of anilines is 1. The maximum absolute atomic E-state index is 12.4. The number of carbonyl (C=O) groups is 1. The van der Waals surface area contributed by atoms with Gasteiger partial charge in [-0.05, 0) is 24.3 Å². The highest BCUT2D eigenvalue weighted by Crippen LogP contribution is 2.16. The van der Waals surface area contributed by atoms with E-state index in [1.54, 1.807) is 24.3 Å². The average Bonchev–Trinajstić information content (AvgIpc) is 2.59. The van der Waals surface area contributed by atoms with E-state index in [1.165, 1.54) is 18.2 Å². The monoisotopic (exact) mass is 314 g/mol. The summed E-state index contributed by atoms with van der Waals surface area (Å²) in [4.78, 5) is 18.7. The average molecular weight is 314 g/mol. The van der Waals surface area contributed by atoms with Gasteiger partial charge in [0, 0.05) is 12.8 Å². The lowest BCUT2D eigenvalue weighted by Gasteiger charge is -2.20. The zero-order valence-corrected chi connectivity index (χ0v) is 12.8. The van der Waals surface area contributed by atoms with Crippen molar-refractivity contribution in [2.24, 2.45) is 5.16 Å². The maximum Gasteiger partial charge on any atom is 0.420 e. The molecule has 0 bridgehead atoms. The van der Waals surface area contributed by atoms with E-state index >= 15 is 0 Å². The lowest BCUT2D eigenvalue weighted by molar-refractivity contribution is -0.0276. The van der Waals surface area contributed by atoms with Crippen LogP contribution in [0.2, 0.25) is 0 Å². The Labute approximate surface area is 134 Å². The molecular weight excluding hydrogens is 296 g/mol. The number of carbonyl (C=O) groups excluding carboxylic acids is 1. The molecule has 0 saturated heterocycles. The molecule has 1 amide bonds. The summed E-state index contributed by atoms with van der Waals surface area (Å²) >= 11 is 0. The molecule has 2 aromatic rings. The van der Waals surface area contributed by atoms with Crippen LogP contribution in [-0.4, -0.2) is 32.8 Å². The Hall–Kier alpha value is -2.86. The molecule has 6 nitrogen and oxygen atoms in total. The van der Waals surface area contributed by atoms with E-state index in [0.717, 1.165) is 0 Å². The molecule has 6 heteroatoms. The first-order chi connectivity index (χ1) is 11.3. The van der Waals surface area contributed by atoms with Gasteiger partial charge in [0.15, 0.2) is 0 Å². The second-order valence-corrected chi connectivity index (χ2v) is 4.45. The van der Waals surface area contributed by atoms with Crippen LogP contribution in [0.5, 0.6) is 5.75 Å². The number of amides is 1. The molecule has 0 heterocycles. The minimum atomic E-state index is -0.499. The molecule has 2 aromatic carbocycles. The predicted molar refractivity (Wildman–Crippen MR) is 87.7 cm³/mol. The number of benzene rings is 2. The van der Waals surface area contributed by atoms with Crippen molar-refractivity contribution in [3.05, 3.63) is 60.7 Å². The van der Waals surface area contributed by atoms with Crippen molar-refractivity contribution < 1.29 is 19.1 Å². The molecule has 120 valence electrons. The molecule has 0 unspecified atom stereocenters. The van der Waals surface area contributed by atoms with Crippen molar-refractivity contribution in [3.8, 4) is 5.75 Å². The Morgan fingerprint density at radius 3 is 2.39 bits per heavy atom. The number of para-hydroxylation sites is 2. The van der Waals surface area contributed by atoms with E-state index in [1.807, 2.05) is 36.4 Å². The summed E-state index contributed by atoms with van der Waals surface area (Å²) in [7, 11) is 1.50. The lowest BCUT2D eigenvalue weighted by atomic mass is 10.3. The number of oxime groups is 1.